The van der Waals surface area contributed by atoms with E-state index in [4.69, 9.17) is 14.5 Å². The lowest BCUT2D eigenvalue weighted by molar-refractivity contribution is -0.116. The molecule has 1 atom stereocenters. The molecular formula is C21H16N4O2S. The molecule has 3 heterocycles. The first-order chi connectivity index (χ1) is 13.8. The van der Waals surface area contributed by atoms with E-state index in [9.17, 15) is 4.79 Å². The van der Waals surface area contributed by atoms with E-state index in [1.54, 1.807) is 11.3 Å². The van der Waals surface area contributed by atoms with Crippen molar-refractivity contribution in [3.05, 3.63) is 94.9 Å². The van der Waals surface area contributed by atoms with E-state index in [-0.39, 0.29) is 5.91 Å². The van der Waals surface area contributed by atoms with Crippen LogP contribution in [0.1, 0.15) is 17.5 Å². The van der Waals surface area contributed by atoms with Crippen molar-refractivity contribution >= 4 is 28.5 Å². The van der Waals surface area contributed by atoms with Crippen LogP contribution in [0.3, 0.4) is 0 Å². The average molecular weight is 388 g/mol. The monoisotopic (exact) mass is 388 g/mol. The second-order valence-corrected chi connectivity index (χ2v) is 7.33. The quantitative estimate of drug-likeness (QED) is 0.748. The zero-order valence-corrected chi connectivity index (χ0v) is 15.6. The van der Waals surface area contributed by atoms with Gasteiger partial charge >= 0.3 is 0 Å². The van der Waals surface area contributed by atoms with Gasteiger partial charge in [0.05, 0.1) is 11.6 Å². The van der Waals surface area contributed by atoms with E-state index in [2.05, 4.69) is 5.32 Å². The Bertz CT molecular complexity index is 1170. The summed E-state index contributed by atoms with van der Waals surface area (Å²) in [6.45, 7) is 0. The fourth-order valence-corrected chi connectivity index (χ4v) is 4.05. The third-order valence-corrected chi connectivity index (χ3v) is 5.47. The van der Waals surface area contributed by atoms with Gasteiger partial charge in [0.2, 0.25) is 6.17 Å². The highest BCUT2D eigenvalue weighted by Crippen LogP contribution is 2.31. The Morgan fingerprint density at radius 1 is 1.04 bits per heavy atom. The summed E-state index contributed by atoms with van der Waals surface area (Å²) in [5.74, 6) is 1.16. The van der Waals surface area contributed by atoms with Gasteiger partial charge in [0, 0.05) is 11.0 Å². The number of benzene rings is 2. The number of amides is 1. The van der Waals surface area contributed by atoms with Gasteiger partial charge < -0.3 is 4.42 Å². The third kappa shape index (κ3) is 2.99. The van der Waals surface area contributed by atoms with Crippen LogP contribution in [0, 0.1) is 0 Å². The number of carbonyl (C=O) groups is 1. The first-order valence-electron chi connectivity index (χ1n) is 8.86. The second-order valence-electron chi connectivity index (χ2n) is 6.36. The molecule has 0 spiro atoms. The van der Waals surface area contributed by atoms with Gasteiger partial charge in [-0.1, -0.05) is 60.3 Å². The van der Waals surface area contributed by atoms with E-state index in [0.29, 0.717) is 22.4 Å². The predicted molar refractivity (Wildman–Crippen MR) is 107 cm³/mol. The molecule has 0 aliphatic carbocycles. The fraction of sp³-hybridized carbons (Fsp3) is 0.0952. The number of hydrogen-bond donors (Lipinski definition) is 1. The molecule has 0 saturated carbocycles. The summed E-state index contributed by atoms with van der Waals surface area (Å²) >= 11 is 1.48. The Hall–Kier alpha value is -3.32. The Morgan fingerprint density at radius 2 is 1.86 bits per heavy atom. The van der Waals surface area contributed by atoms with Crippen LogP contribution in [0.2, 0.25) is 0 Å². The van der Waals surface area contributed by atoms with E-state index in [1.165, 1.54) is 11.8 Å². The molecule has 1 aromatic heterocycles. The van der Waals surface area contributed by atoms with E-state index < -0.39 is 6.17 Å². The number of hydrazone groups is 1. The van der Waals surface area contributed by atoms with Crippen LogP contribution in [-0.2, 0) is 10.5 Å². The highest BCUT2D eigenvalue weighted by Gasteiger charge is 2.35. The molecule has 138 valence electrons. The Balaban J connectivity index is 1.56. The zero-order valence-electron chi connectivity index (χ0n) is 14.8. The Kier molecular flexibility index (Phi) is 4.21. The number of nitrogens with one attached hydrogen (secondary N) is 1. The zero-order chi connectivity index (χ0) is 18.9. The van der Waals surface area contributed by atoms with Crippen LogP contribution in [-0.4, -0.2) is 16.1 Å². The first-order valence-corrected chi connectivity index (χ1v) is 9.85. The minimum absolute atomic E-state index is 0.190. The molecule has 2 aromatic carbocycles. The van der Waals surface area contributed by atoms with Crippen LogP contribution in [0.25, 0.3) is 5.70 Å². The smallest absolute Gasteiger partial charge is 0.276 e. The van der Waals surface area contributed by atoms with Crippen LogP contribution in [0.15, 0.2) is 87.5 Å². The maximum Gasteiger partial charge on any atom is 0.276 e. The summed E-state index contributed by atoms with van der Waals surface area (Å²) in [7, 11) is 0. The van der Waals surface area contributed by atoms with Crippen LogP contribution < -0.4 is 15.9 Å². The van der Waals surface area contributed by atoms with E-state index in [1.807, 2.05) is 66.7 Å². The predicted octanol–water partition coefficient (Wildman–Crippen LogP) is 2.36. The van der Waals surface area contributed by atoms with Gasteiger partial charge in [-0.2, -0.15) is 0 Å². The van der Waals surface area contributed by atoms with Crippen molar-refractivity contribution in [2.45, 2.75) is 11.9 Å². The normalized spacial score (nSPS) is 17.9. The standard InChI is InChI=1S/C21H16N4O2S/c26-20-18-15-9-4-5-10-16(15)22-19(17-11-6-12-27-17)25(18)24-21(23-20)28-13-14-7-2-1-3-8-14/h1-12,19H,13H2,(H,23,24,26). The lowest BCUT2D eigenvalue weighted by atomic mass is 10.1. The van der Waals surface area contributed by atoms with Crippen molar-refractivity contribution in [2.24, 2.45) is 10.1 Å². The summed E-state index contributed by atoms with van der Waals surface area (Å²) < 4.78 is 5.58. The van der Waals surface area contributed by atoms with Gasteiger partial charge in [0.1, 0.15) is 11.5 Å². The minimum Gasteiger partial charge on any atom is -0.465 e. The van der Waals surface area contributed by atoms with Gasteiger partial charge in [-0.15, -0.1) is 5.10 Å². The van der Waals surface area contributed by atoms with Gasteiger partial charge in [-0.3, -0.25) is 10.1 Å². The summed E-state index contributed by atoms with van der Waals surface area (Å²) in [6, 6.07) is 21.3. The molecule has 1 N–H and O–H groups in total. The molecular weight excluding hydrogens is 372 g/mol. The highest BCUT2D eigenvalue weighted by atomic mass is 32.2. The molecule has 2 aliphatic rings. The summed E-state index contributed by atoms with van der Waals surface area (Å²) in [5.41, 5.74) is 1.64. The van der Waals surface area contributed by atoms with Crippen molar-refractivity contribution in [1.29, 1.82) is 0 Å². The molecule has 3 aromatic rings. The van der Waals surface area contributed by atoms with Crippen molar-refractivity contribution in [2.75, 3.05) is 0 Å². The third-order valence-electron chi connectivity index (χ3n) is 4.53. The van der Waals surface area contributed by atoms with Gasteiger partial charge in [-0.25, -0.2) is 10.0 Å². The maximum atomic E-state index is 13.0. The number of furan rings is 1. The Labute approximate surface area is 165 Å². The highest BCUT2D eigenvalue weighted by molar-refractivity contribution is 8.13. The minimum atomic E-state index is -0.515. The van der Waals surface area contributed by atoms with Crippen molar-refractivity contribution in [1.82, 2.24) is 10.3 Å². The second kappa shape index (κ2) is 7.01. The molecule has 2 aliphatic heterocycles. The molecule has 1 amide bonds. The first kappa shape index (κ1) is 16.8. The van der Waals surface area contributed by atoms with Crippen LogP contribution >= 0.6 is 11.8 Å². The summed E-state index contributed by atoms with van der Waals surface area (Å²) in [5, 5.41) is 11.3. The van der Waals surface area contributed by atoms with Crippen LogP contribution in [0.5, 0.6) is 0 Å². The topological polar surface area (TPSA) is 70.2 Å². The molecule has 0 fully saturated rings. The summed E-state index contributed by atoms with van der Waals surface area (Å²) in [6.07, 6.45) is 1.09. The summed E-state index contributed by atoms with van der Waals surface area (Å²) in [4.78, 5) is 17.7. The number of para-hydroxylation sites is 1. The van der Waals surface area contributed by atoms with Gasteiger partial charge in [0.25, 0.3) is 5.91 Å². The number of rotatable bonds is 3. The van der Waals surface area contributed by atoms with Crippen molar-refractivity contribution in [3.63, 3.8) is 0 Å². The lowest BCUT2D eigenvalue weighted by Crippen LogP contribution is -2.50. The van der Waals surface area contributed by atoms with E-state index >= 15 is 0 Å². The number of amidine groups is 1. The molecule has 7 heteroatoms. The fourth-order valence-electron chi connectivity index (χ4n) is 3.24. The number of carbonyl (C=O) groups excluding carboxylic acids is 1. The largest absolute Gasteiger partial charge is 0.465 e. The molecule has 0 radical (unpaired) electrons. The number of nitrogens with zero attached hydrogens (tertiary/aromatic N) is 3. The SMILES string of the molecule is O=C1NC(SCc2ccccc2)=NN2C1=c1ccccc1=NC2c1ccco1. The van der Waals surface area contributed by atoms with E-state index in [0.717, 1.165) is 16.1 Å². The van der Waals surface area contributed by atoms with Crippen LogP contribution in [0.4, 0.5) is 0 Å². The molecule has 5 rings (SSSR count). The van der Waals surface area contributed by atoms with Crippen molar-refractivity contribution < 1.29 is 9.21 Å². The van der Waals surface area contributed by atoms with Gasteiger partial charge in [0.15, 0.2) is 5.17 Å². The molecule has 0 bridgehead atoms. The van der Waals surface area contributed by atoms with Crippen molar-refractivity contribution in [3.8, 4) is 0 Å². The average Bonchev–Trinajstić information content (AvgIpc) is 3.27. The molecule has 0 saturated heterocycles. The lowest BCUT2D eigenvalue weighted by Gasteiger charge is -2.32. The van der Waals surface area contributed by atoms with Gasteiger partial charge in [-0.05, 0) is 23.8 Å². The number of thioether (sulfide) groups is 1. The molecule has 28 heavy (non-hydrogen) atoms. The molecule has 6 nitrogen and oxygen atoms in total. The number of hydrogen-bond acceptors (Lipinski definition) is 6. The Morgan fingerprint density at radius 3 is 2.68 bits per heavy atom. The number of fused-ring (bicyclic) bond motifs is 2. The molecule has 1 unspecified atom stereocenters. The maximum absolute atomic E-state index is 13.0.